The van der Waals surface area contributed by atoms with Crippen LogP contribution in [0.5, 0.6) is 0 Å². The first-order chi connectivity index (χ1) is 12.0. The summed E-state index contributed by atoms with van der Waals surface area (Å²) < 4.78 is 0. The number of carbonyl (C=O) groups excluding carboxylic acids is 2. The highest BCUT2D eigenvalue weighted by Crippen LogP contribution is 2.28. The molecule has 1 aliphatic rings. The molecule has 2 rings (SSSR count). The molecule has 1 aromatic heterocycles. The monoisotopic (exact) mass is 345 g/mol. The van der Waals surface area contributed by atoms with E-state index in [1.165, 1.54) is 0 Å². The lowest BCUT2D eigenvalue weighted by Crippen LogP contribution is -2.51. The van der Waals surface area contributed by atoms with Gasteiger partial charge < -0.3 is 10.6 Å². The van der Waals surface area contributed by atoms with Crippen LogP contribution in [-0.2, 0) is 16.1 Å². The molecule has 0 saturated heterocycles. The standard InChI is InChI=1S/C20H31N3O2/c1-4-15(3)18(20(25)22-13-16-6-5-11-21-12-16)23-19(24)17-9-7-14(2)8-10-17/h5-6,11-12,14-15,17-18H,4,7-10,13H2,1-3H3,(H,22,25)(H,23,24)/t14?,15-,17?,18+/m1/s1. The number of aromatic nitrogens is 1. The predicted molar refractivity (Wildman–Crippen MR) is 98.6 cm³/mol. The van der Waals surface area contributed by atoms with E-state index in [9.17, 15) is 9.59 Å². The minimum atomic E-state index is -0.478. The van der Waals surface area contributed by atoms with Crippen LogP contribution in [0.3, 0.4) is 0 Å². The van der Waals surface area contributed by atoms with Crippen molar-refractivity contribution in [2.24, 2.45) is 17.8 Å². The fourth-order valence-electron chi connectivity index (χ4n) is 3.30. The SMILES string of the molecule is CC[C@@H](C)[C@H](NC(=O)C1CCC(C)CC1)C(=O)NCc1cccnc1. The van der Waals surface area contributed by atoms with E-state index in [0.29, 0.717) is 12.5 Å². The molecule has 1 aliphatic carbocycles. The van der Waals surface area contributed by atoms with Gasteiger partial charge in [0.05, 0.1) is 0 Å². The van der Waals surface area contributed by atoms with E-state index >= 15 is 0 Å². The van der Waals surface area contributed by atoms with Crippen molar-refractivity contribution in [3.05, 3.63) is 30.1 Å². The first-order valence-corrected chi connectivity index (χ1v) is 9.48. The Balaban J connectivity index is 1.93. The van der Waals surface area contributed by atoms with Crippen molar-refractivity contribution >= 4 is 11.8 Å². The molecule has 2 amide bonds. The Kier molecular flexibility index (Phi) is 7.41. The van der Waals surface area contributed by atoms with Crippen molar-refractivity contribution in [1.29, 1.82) is 0 Å². The molecule has 0 unspecified atom stereocenters. The summed E-state index contributed by atoms with van der Waals surface area (Å²) >= 11 is 0. The summed E-state index contributed by atoms with van der Waals surface area (Å²) in [5.74, 6) is 0.774. The number of rotatable bonds is 7. The normalized spacial score (nSPS) is 22.7. The number of pyridine rings is 1. The Morgan fingerprint density at radius 1 is 1.28 bits per heavy atom. The molecule has 0 radical (unpaired) electrons. The van der Waals surface area contributed by atoms with Gasteiger partial charge >= 0.3 is 0 Å². The molecule has 0 spiro atoms. The third-order valence-electron chi connectivity index (χ3n) is 5.37. The molecule has 25 heavy (non-hydrogen) atoms. The molecule has 0 aromatic carbocycles. The average Bonchev–Trinajstić information content (AvgIpc) is 2.64. The van der Waals surface area contributed by atoms with Crippen molar-refractivity contribution in [2.75, 3.05) is 0 Å². The van der Waals surface area contributed by atoms with Gasteiger partial charge in [-0.2, -0.15) is 0 Å². The van der Waals surface area contributed by atoms with Crippen LogP contribution in [0, 0.1) is 17.8 Å². The van der Waals surface area contributed by atoms with Crippen LogP contribution < -0.4 is 10.6 Å². The Morgan fingerprint density at radius 2 is 2.00 bits per heavy atom. The van der Waals surface area contributed by atoms with Crippen molar-refractivity contribution in [3.8, 4) is 0 Å². The van der Waals surface area contributed by atoms with E-state index in [-0.39, 0.29) is 23.7 Å². The highest BCUT2D eigenvalue weighted by molar-refractivity contribution is 5.88. The van der Waals surface area contributed by atoms with Crippen molar-refractivity contribution in [2.45, 2.75) is 65.5 Å². The molecule has 1 fully saturated rings. The second-order valence-electron chi connectivity index (χ2n) is 7.41. The van der Waals surface area contributed by atoms with E-state index in [2.05, 4.69) is 22.5 Å². The maximum absolute atomic E-state index is 12.6. The summed E-state index contributed by atoms with van der Waals surface area (Å²) in [5.41, 5.74) is 0.950. The fraction of sp³-hybridized carbons (Fsp3) is 0.650. The Bertz CT molecular complexity index is 553. The number of nitrogens with one attached hydrogen (secondary N) is 2. The largest absolute Gasteiger partial charge is 0.350 e. The molecule has 1 saturated carbocycles. The lowest BCUT2D eigenvalue weighted by atomic mass is 9.82. The number of carbonyl (C=O) groups is 2. The molecule has 0 aliphatic heterocycles. The zero-order chi connectivity index (χ0) is 18.2. The highest BCUT2D eigenvalue weighted by Gasteiger charge is 2.30. The summed E-state index contributed by atoms with van der Waals surface area (Å²) in [6.45, 7) is 6.72. The van der Waals surface area contributed by atoms with Gasteiger partial charge in [-0.3, -0.25) is 14.6 Å². The summed E-state index contributed by atoms with van der Waals surface area (Å²) in [6, 6.07) is 3.29. The van der Waals surface area contributed by atoms with Gasteiger partial charge in [0.2, 0.25) is 11.8 Å². The van der Waals surface area contributed by atoms with E-state index in [1.54, 1.807) is 12.4 Å². The van der Waals surface area contributed by atoms with Gasteiger partial charge in [-0.05, 0) is 49.1 Å². The second-order valence-corrected chi connectivity index (χ2v) is 7.41. The van der Waals surface area contributed by atoms with E-state index in [4.69, 9.17) is 0 Å². The molecule has 5 nitrogen and oxygen atoms in total. The molecule has 0 bridgehead atoms. The van der Waals surface area contributed by atoms with E-state index in [1.807, 2.05) is 26.0 Å². The molecule has 2 atom stereocenters. The predicted octanol–water partition coefficient (Wildman–Crippen LogP) is 3.06. The fourth-order valence-corrected chi connectivity index (χ4v) is 3.30. The Morgan fingerprint density at radius 3 is 2.60 bits per heavy atom. The van der Waals surface area contributed by atoms with E-state index < -0.39 is 6.04 Å². The minimum Gasteiger partial charge on any atom is -0.350 e. The van der Waals surface area contributed by atoms with Crippen LogP contribution in [0.2, 0.25) is 0 Å². The molecule has 138 valence electrons. The molecular weight excluding hydrogens is 314 g/mol. The molecule has 5 heteroatoms. The maximum atomic E-state index is 12.6. The highest BCUT2D eigenvalue weighted by atomic mass is 16.2. The van der Waals surface area contributed by atoms with Crippen LogP contribution in [0.4, 0.5) is 0 Å². The molecule has 1 aromatic rings. The number of amides is 2. The van der Waals surface area contributed by atoms with Gasteiger partial charge in [-0.25, -0.2) is 0 Å². The van der Waals surface area contributed by atoms with Gasteiger partial charge in [0, 0.05) is 24.9 Å². The zero-order valence-electron chi connectivity index (χ0n) is 15.6. The van der Waals surface area contributed by atoms with Gasteiger partial charge in [0.1, 0.15) is 6.04 Å². The average molecular weight is 345 g/mol. The summed E-state index contributed by atoms with van der Waals surface area (Å²) in [5, 5.41) is 5.96. The van der Waals surface area contributed by atoms with Crippen molar-refractivity contribution in [3.63, 3.8) is 0 Å². The maximum Gasteiger partial charge on any atom is 0.243 e. The van der Waals surface area contributed by atoms with Crippen LogP contribution >= 0.6 is 0 Å². The third-order valence-corrected chi connectivity index (χ3v) is 5.37. The van der Waals surface area contributed by atoms with Gasteiger partial charge in [0.15, 0.2) is 0 Å². The molecule has 2 N–H and O–H groups in total. The zero-order valence-corrected chi connectivity index (χ0v) is 15.6. The van der Waals surface area contributed by atoms with Crippen LogP contribution in [0.1, 0.15) is 58.4 Å². The quantitative estimate of drug-likeness (QED) is 0.798. The summed E-state index contributed by atoms with van der Waals surface area (Å²) in [6.07, 6.45) is 8.33. The first-order valence-electron chi connectivity index (χ1n) is 9.48. The Hall–Kier alpha value is -1.91. The van der Waals surface area contributed by atoms with Crippen molar-refractivity contribution < 1.29 is 9.59 Å². The topological polar surface area (TPSA) is 71.1 Å². The van der Waals surface area contributed by atoms with Crippen molar-refractivity contribution in [1.82, 2.24) is 15.6 Å². The van der Waals surface area contributed by atoms with E-state index in [0.717, 1.165) is 37.7 Å². The lowest BCUT2D eigenvalue weighted by Gasteiger charge is -2.29. The molecular formula is C20H31N3O2. The second kappa shape index (κ2) is 9.54. The molecule has 1 heterocycles. The van der Waals surface area contributed by atoms with Crippen LogP contribution in [-0.4, -0.2) is 22.8 Å². The van der Waals surface area contributed by atoms with Gasteiger partial charge in [-0.1, -0.05) is 33.3 Å². The first kappa shape index (κ1) is 19.4. The Labute approximate surface area is 151 Å². The number of hydrogen-bond donors (Lipinski definition) is 2. The van der Waals surface area contributed by atoms with Crippen LogP contribution in [0.25, 0.3) is 0 Å². The van der Waals surface area contributed by atoms with Gasteiger partial charge in [-0.15, -0.1) is 0 Å². The van der Waals surface area contributed by atoms with Gasteiger partial charge in [0.25, 0.3) is 0 Å². The van der Waals surface area contributed by atoms with Crippen LogP contribution in [0.15, 0.2) is 24.5 Å². The minimum absolute atomic E-state index is 0.0359. The third kappa shape index (κ3) is 5.83. The smallest absolute Gasteiger partial charge is 0.243 e. The summed E-state index contributed by atoms with van der Waals surface area (Å²) in [4.78, 5) is 29.3. The number of nitrogens with zero attached hydrogens (tertiary/aromatic N) is 1. The lowest BCUT2D eigenvalue weighted by molar-refractivity contribution is -0.133. The number of hydrogen-bond acceptors (Lipinski definition) is 3. The summed E-state index contributed by atoms with van der Waals surface area (Å²) in [7, 11) is 0.